The molecule has 0 bridgehead atoms. The molecule has 0 radical (unpaired) electrons. The molecule has 35 heavy (non-hydrogen) atoms. The van der Waals surface area contributed by atoms with Crippen molar-refractivity contribution in [2.75, 3.05) is 12.4 Å². The van der Waals surface area contributed by atoms with Gasteiger partial charge in [0.1, 0.15) is 12.2 Å². The van der Waals surface area contributed by atoms with E-state index in [1.807, 2.05) is 18.2 Å². The number of carbonyl (C=O) groups excluding carboxylic acids is 3. The summed E-state index contributed by atoms with van der Waals surface area (Å²) in [7, 11) is 1.45. The number of anilines is 1. The number of nitrogens with one attached hydrogen (secondary N) is 2. The maximum absolute atomic E-state index is 15.5. The molecule has 0 aliphatic carbocycles. The normalized spacial score (nSPS) is 17.9. The Labute approximate surface area is 203 Å². The number of hydrogen-bond donors (Lipinski definition) is 2. The van der Waals surface area contributed by atoms with Crippen molar-refractivity contribution in [3.8, 4) is 0 Å². The zero-order valence-electron chi connectivity index (χ0n) is 20.3. The van der Waals surface area contributed by atoms with Crippen molar-refractivity contribution in [2.45, 2.75) is 51.9 Å². The first kappa shape index (κ1) is 25.7. The fraction of sp³-hybridized carbons (Fsp3) is 0.360. The summed E-state index contributed by atoms with van der Waals surface area (Å²) in [6.45, 7) is 6.70. The van der Waals surface area contributed by atoms with E-state index in [1.165, 1.54) is 30.1 Å². The van der Waals surface area contributed by atoms with Gasteiger partial charge in [-0.2, -0.15) is 0 Å². The van der Waals surface area contributed by atoms with Gasteiger partial charge in [0.2, 0.25) is 11.9 Å². The van der Waals surface area contributed by atoms with Crippen LogP contribution in [0.25, 0.3) is 0 Å². The molecule has 1 heterocycles. The molecule has 1 aliphatic rings. The molecule has 2 aromatic carbocycles. The summed E-state index contributed by atoms with van der Waals surface area (Å²) in [6, 6.07) is 13.5. The summed E-state index contributed by atoms with van der Waals surface area (Å²) in [5, 5.41) is 4.86. The predicted molar refractivity (Wildman–Crippen MR) is 128 cm³/mol. The van der Waals surface area contributed by atoms with Crippen LogP contribution in [0, 0.1) is 5.82 Å². The lowest BCUT2D eigenvalue weighted by molar-refractivity contribution is -0.128. The third-order valence-corrected chi connectivity index (χ3v) is 5.18. The van der Waals surface area contributed by atoms with Gasteiger partial charge in [-0.25, -0.2) is 19.0 Å². The van der Waals surface area contributed by atoms with E-state index in [0.717, 1.165) is 5.56 Å². The van der Waals surface area contributed by atoms with Crippen LogP contribution in [0.1, 0.15) is 45.2 Å². The van der Waals surface area contributed by atoms with Crippen molar-refractivity contribution in [1.29, 1.82) is 0 Å². The topological polar surface area (TPSA) is 109 Å². The third-order valence-electron chi connectivity index (χ3n) is 5.18. The molecular weight excluding hydrogens is 455 g/mol. The van der Waals surface area contributed by atoms with Crippen LogP contribution in [0.5, 0.6) is 0 Å². The summed E-state index contributed by atoms with van der Waals surface area (Å²) in [5.74, 6) is -1.21. The highest BCUT2D eigenvalue weighted by atomic mass is 19.1. The molecule has 0 saturated heterocycles. The van der Waals surface area contributed by atoms with Gasteiger partial charge in [-0.05, 0) is 39.3 Å². The van der Waals surface area contributed by atoms with Gasteiger partial charge in [-0.3, -0.25) is 20.3 Å². The Morgan fingerprint density at radius 2 is 1.77 bits per heavy atom. The van der Waals surface area contributed by atoms with Gasteiger partial charge in [0.05, 0.1) is 17.6 Å². The first-order valence-corrected chi connectivity index (χ1v) is 11.0. The second-order valence-corrected chi connectivity index (χ2v) is 9.32. The van der Waals surface area contributed by atoms with Crippen LogP contribution >= 0.6 is 0 Å². The van der Waals surface area contributed by atoms with E-state index in [0.29, 0.717) is 0 Å². The molecule has 1 aliphatic heterocycles. The first-order chi connectivity index (χ1) is 16.4. The molecule has 1 atom stereocenters. The van der Waals surface area contributed by atoms with Crippen LogP contribution < -0.4 is 10.6 Å². The Morgan fingerprint density at radius 1 is 1.09 bits per heavy atom. The van der Waals surface area contributed by atoms with Crippen molar-refractivity contribution >= 4 is 29.7 Å². The number of rotatable bonds is 4. The van der Waals surface area contributed by atoms with Crippen molar-refractivity contribution in [2.24, 2.45) is 4.99 Å². The molecule has 0 unspecified atom stereocenters. The van der Waals surface area contributed by atoms with Crippen LogP contribution in [0.2, 0.25) is 0 Å². The first-order valence-electron chi connectivity index (χ1n) is 11.0. The maximum Gasteiger partial charge on any atom is 0.414 e. The van der Waals surface area contributed by atoms with E-state index in [1.54, 1.807) is 39.8 Å². The van der Waals surface area contributed by atoms with Crippen LogP contribution in [0.15, 0.2) is 53.5 Å². The Hall–Kier alpha value is -3.95. The van der Waals surface area contributed by atoms with E-state index >= 15 is 4.39 Å². The minimum atomic E-state index is -1.34. The number of carbonyl (C=O) groups is 3. The molecule has 10 heteroatoms. The second-order valence-electron chi connectivity index (χ2n) is 9.32. The summed E-state index contributed by atoms with van der Waals surface area (Å²) < 4.78 is 25.9. The Bertz CT molecular complexity index is 1150. The Kier molecular flexibility index (Phi) is 7.42. The average Bonchev–Trinajstić information content (AvgIpc) is 2.76. The van der Waals surface area contributed by atoms with Gasteiger partial charge in [0.25, 0.3) is 0 Å². The van der Waals surface area contributed by atoms with Gasteiger partial charge in [-0.1, -0.05) is 42.5 Å². The summed E-state index contributed by atoms with van der Waals surface area (Å²) in [4.78, 5) is 42.8. The number of benzene rings is 2. The van der Waals surface area contributed by atoms with E-state index in [-0.39, 0.29) is 36.1 Å². The maximum atomic E-state index is 15.5. The van der Waals surface area contributed by atoms with E-state index in [9.17, 15) is 14.4 Å². The second kappa shape index (κ2) is 10.1. The molecule has 186 valence electrons. The molecular formula is C25H29FN4O5. The summed E-state index contributed by atoms with van der Waals surface area (Å²) in [6.07, 6.45) is -1.77. The quantitative estimate of drug-likeness (QED) is 0.663. The average molecular weight is 485 g/mol. The van der Waals surface area contributed by atoms with Crippen LogP contribution in [-0.2, 0) is 26.4 Å². The smallest absolute Gasteiger partial charge is 0.414 e. The third kappa shape index (κ3) is 6.56. The molecule has 2 aromatic rings. The number of alkyl carbamates (subject to hydrolysis) is 1. The van der Waals surface area contributed by atoms with E-state index in [4.69, 9.17) is 9.47 Å². The largest absolute Gasteiger partial charge is 0.444 e. The van der Waals surface area contributed by atoms with Crippen molar-refractivity contribution < 1.29 is 28.2 Å². The molecule has 3 amide bonds. The fourth-order valence-electron chi connectivity index (χ4n) is 3.46. The Balaban J connectivity index is 1.81. The number of aliphatic imine (C=N–C) groups is 1. The minimum Gasteiger partial charge on any atom is -0.444 e. The summed E-state index contributed by atoms with van der Waals surface area (Å²) >= 11 is 0. The van der Waals surface area contributed by atoms with E-state index < -0.39 is 29.1 Å². The van der Waals surface area contributed by atoms with E-state index in [2.05, 4.69) is 15.6 Å². The number of nitrogens with zero attached hydrogens (tertiary/aromatic N) is 2. The highest BCUT2D eigenvalue weighted by molar-refractivity contribution is 6.05. The van der Waals surface area contributed by atoms with Gasteiger partial charge >= 0.3 is 12.2 Å². The van der Waals surface area contributed by atoms with Crippen LogP contribution in [0.4, 0.5) is 19.7 Å². The molecule has 0 spiro atoms. The fourth-order valence-corrected chi connectivity index (χ4v) is 3.46. The van der Waals surface area contributed by atoms with Crippen molar-refractivity contribution in [1.82, 2.24) is 10.2 Å². The van der Waals surface area contributed by atoms with Gasteiger partial charge in [0, 0.05) is 12.6 Å². The predicted octanol–water partition coefficient (Wildman–Crippen LogP) is 4.53. The van der Waals surface area contributed by atoms with Crippen molar-refractivity contribution in [3.05, 3.63) is 65.5 Å². The molecule has 0 saturated carbocycles. The lowest BCUT2D eigenvalue weighted by atomic mass is 9.87. The van der Waals surface area contributed by atoms with Crippen LogP contribution in [-0.4, -0.2) is 41.6 Å². The standard InChI is InChI=1S/C25H29FN4O5/c1-24(2,3)35-23(33)28-21-29-25(4,14-19(31)30(21)5)17-12-9-13-18(20(17)26)27-22(32)34-15-16-10-7-6-8-11-16/h6-13H,14-15H2,1-5H3,(H,27,32)(H,28,29,33)/t25-/m0/s1. The lowest BCUT2D eigenvalue weighted by Crippen LogP contribution is -2.52. The SMILES string of the molecule is CN1C(=O)C[C@@](C)(c2cccc(NC(=O)OCc3ccccc3)c2F)N=C1NC(=O)OC(C)(C)C. The molecule has 0 aromatic heterocycles. The molecule has 2 N–H and O–H groups in total. The monoisotopic (exact) mass is 484 g/mol. The lowest BCUT2D eigenvalue weighted by Gasteiger charge is -2.35. The minimum absolute atomic E-state index is 0.0243. The van der Waals surface area contributed by atoms with Crippen molar-refractivity contribution in [3.63, 3.8) is 0 Å². The highest BCUT2D eigenvalue weighted by Gasteiger charge is 2.40. The number of guanidine groups is 1. The number of amides is 3. The zero-order valence-corrected chi connectivity index (χ0v) is 20.3. The van der Waals surface area contributed by atoms with Crippen LogP contribution in [0.3, 0.4) is 0 Å². The highest BCUT2D eigenvalue weighted by Crippen LogP contribution is 2.36. The molecule has 0 fully saturated rings. The molecule has 9 nitrogen and oxygen atoms in total. The number of halogens is 1. The molecule has 3 rings (SSSR count). The van der Waals surface area contributed by atoms with Gasteiger partial charge in [-0.15, -0.1) is 0 Å². The summed E-state index contributed by atoms with van der Waals surface area (Å²) in [5.41, 5.74) is -1.36. The number of hydrogen-bond acceptors (Lipinski definition) is 6. The van der Waals surface area contributed by atoms with Gasteiger partial charge < -0.3 is 9.47 Å². The number of ether oxygens (including phenoxy) is 2. The zero-order chi connectivity index (χ0) is 25.8. The Morgan fingerprint density at radius 3 is 2.43 bits per heavy atom. The van der Waals surface area contributed by atoms with Gasteiger partial charge in [0.15, 0.2) is 5.82 Å².